The maximum absolute atomic E-state index is 2.65. The molecule has 2 saturated heterocycles. The van der Waals surface area contributed by atoms with Gasteiger partial charge in [-0.25, -0.2) is 0 Å². The lowest BCUT2D eigenvalue weighted by Crippen LogP contribution is -2.34. The zero-order chi connectivity index (χ0) is 14.2. The molecule has 2 fully saturated rings. The predicted octanol–water partition coefficient (Wildman–Crippen LogP) is 3.83. The van der Waals surface area contributed by atoms with Crippen LogP contribution in [0.25, 0.3) is 0 Å². The zero-order valence-corrected chi connectivity index (χ0v) is 15.0. The molecule has 0 aromatic heterocycles. The average molecular weight is 317 g/mol. The quantitative estimate of drug-likeness (QED) is 0.520. The second-order valence-electron chi connectivity index (χ2n) is 6.69. The average Bonchev–Trinajstić information content (AvgIpc) is 2.46. The molecular weight excluding hydrogens is 284 g/mol. The molecule has 0 saturated carbocycles. The van der Waals surface area contributed by atoms with Gasteiger partial charge in [-0.2, -0.15) is 0 Å². The van der Waals surface area contributed by atoms with Gasteiger partial charge in [-0.15, -0.1) is 0 Å². The van der Waals surface area contributed by atoms with Gasteiger partial charge < -0.3 is 9.80 Å². The summed E-state index contributed by atoms with van der Waals surface area (Å²) in [5.41, 5.74) is 0. The summed E-state index contributed by atoms with van der Waals surface area (Å²) in [4.78, 5) is 5.30. The van der Waals surface area contributed by atoms with E-state index in [1.54, 1.807) is 0 Å². The van der Waals surface area contributed by atoms with Gasteiger partial charge in [-0.1, -0.05) is 35.4 Å². The van der Waals surface area contributed by atoms with E-state index in [1.165, 1.54) is 76.5 Å². The summed E-state index contributed by atoms with van der Waals surface area (Å²) in [6.45, 7) is 12.7. The van der Waals surface area contributed by atoms with Crippen LogP contribution >= 0.6 is 21.6 Å². The minimum Gasteiger partial charge on any atom is -0.302 e. The maximum Gasteiger partial charge on any atom is 0.0165 e. The number of nitrogens with zero attached hydrogens (tertiary/aromatic N) is 2. The molecular formula is C16H32N2S2. The van der Waals surface area contributed by atoms with Crippen molar-refractivity contribution in [1.82, 2.24) is 9.80 Å². The Morgan fingerprint density at radius 3 is 1.40 bits per heavy atom. The van der Waals surface area contributed by atoms with Crippen LogP contribution in [0.5, 0.6) is 0 Å². The Labute approximate surface area is 133 Å². The molecule has 0 aliphatic carbocycles. The normalized spacial score (nSPS) is 24.3. The Hall–Kier alpha value is 0.620. The predicted molar refractivity (Wildman–Crippen MR) is 94.6 cm³/mol. The molecule has 2 aliphatic rings. The summed E-state index contributed by atoms with van der Waals surface area (Å²) in [6, 6.07) is 0. The Morgan fingerprint density at radius 2 is 1.05 bits per heavy atom. The fourth-order valence-corrected chi connectivity index (χ4v) is 5.08. The van der Waals surface area contributed by atoms with Crippen LogP contribution in [-0.4, -0.2) is 60.6 Å². The molecule has 0 aromatic carbocycles. The molecule has 20 heavy (non-hydrogen) atoms. The van der Waals surface area contributed by atoms with Crippen LogP contribution < -0.4 is 0 Å². The van der Waals surface area contributed by atoms with Crippen molar-refractivity contribution in [3.63, 3.8) is 0 Å². The smallest absolute Gasteiger partial charge is 0.0165 e. The van der Waals surface area contributed by atoms with Gasteiger partial charge in [0, 0.05) is 24.6 Å². The van der Waals surface area contributed by atoms with Crippen molar-refractivity contribution < 1.29 is 0 Å². The number of hydrogen-bond donors (Lipinski definition) is 0. The highest BCUT2D eigenvalue weighted by molar-refractivity contribution is 8.76. The van der Waals surface area contributed by atoms with Gasteiger partial charge in [0.05, 0.1) is 0 Å². The SMILES string of the molecule is CC1CCN(CCSSCCN2CCC(C)CC2)CC1. The molecule has 0 bridgehead atoms. The van der Waals surface area contributed by atoms with Gasteiger partial charge in [0.25, 0.3) is 0 Å². The first-order valence-electron chi connectivity index (χ1n) is 8.43. The Kier molecular flexibility index (Phi) is 8.15. The van der Waals surface area contributed by atoms with Crippen LogP contribution in [0.1, 0.15) is 39.5 Å². The summed E-state index contributed by atoms with van der Waals surface area (Å²) < 4.78 is 0. The molecule has 0 unspecified atom stereocenters. The highest BCUT2D eigenvalue weighted by Crippen LogP contribution is 2.23. The Bertz CT molecular complexity index is 221. The van der Waals surface area contributed by atoms with Gasteiger partial charge in [0.15, 0.2) is 0 Å². The van der Waals surface area contributed by atoms with Crippen molar-refractivity contribution in [2.24, 2.45) is 11.8 Å². The number of hydrogen-bond acceptors (Lipinski definition) is 4. The topological polar surface area (TPSA) is 6.48 Å². The number of rotatable bonds is 7. The van der Waals surface area contributed by atoms with Gasteiger partial charge >= 0.3 is 0 Å². The summed E-state index contributed by atoms with van der Waals surface area (Å²) in [6.07, 6.45) is 5.63. The fraction of sp³-hybridized carbons (Fsp3) is 1.00. The van der Waals surface area contributed by atoms with Crippen molar-refractivity contribution in [2.45, 2.75) is 39.5 Å². The third kappa shape index (κ3) is 6.59. The molecule has 2 rings (SSSR count). The first kappa shape index (κ1) is 17.0. The molecule has 0 radical (unpaired) electrons. The zero-order valence-electron chi connectivity index (χ0n) is 13.4. The summed E-state index contributed by atoms with van der Waals surface area (Å²) in [5, 5.41) is 0. The molecule has 2 aliphatic heterocycles. The van der Waals surface area contributed by atoms with Crippen molar-refractivity contribution in [3.05, 3.63) is 0 Å². The van der Waals surface area contributed by atoms with E-state index in [0.717, 1.165) is 11.8 Å². The van der Waals surface area contributed by atoms with E-state index in [-0.39, 0.29) is 0 Å². The van der Waals surface area contributed by atoms with E-state index in [9.17, 15) is 0 Å². The number of likely N-dealkylation sites (tertiary alicyclic amines) is 2. The third-order valence-electron chi connectivity index (χ3n) is 4.82. The summed E-state index contributed by atoms with van der Waals surface area (Å²) in [5.74, 6) is 4.52. The van der Waals surface area contributed by atoms with Gasteiger partial charge in [0.1, 0.15) is 0 Å². The van der Waals surface area contributed by atoms with Crippen LogP contribution in [0, 0.1) is 11.8 Å². The molecule has 0 amide bonds. The molecule has 0 aromatic rings. The third-order valence-corrected chi connectivity index (χ3v) is 7.18. The molecule has 2 nitrogen and oxygen atoms in total. The lowest BCUT2D eigenvalue weighted by Gasteiger charge is -2.30. The van der Waals surface area contributed by atoms with Crippen molar-refractivity contribution in [2.75, 3.05) is 50.8 Å². The van der Waals surface area contributed by atoms with E-state index in [0.29, 0.717) is 0 Å². The largest absolute Gasteiger partial charge is 0.302 e. The molecule has 0 N–H and O–H groups in total. The molecule has 4 heteroatoms. The minimum atomic E-state index is 0.959. The van der Waals surface area contributed by atoms with E-state index >= 15 is 0 Å². The van der Waals surface area contributed by atoms with Crippen molar-refractivity contribution in [1.29, 1.82) is 0 Å². The van der Waals surface area contributed by atoms with E-state index < -0.39 is 0 Å². The van der Waals surface area contributed by atoms with Gasteiger partial charge in [-0.3, -0.25) is 0 Å². The molecule has 0 atom stereocenters. The number of piperidine rings is 2. The second-order valence-corrected chi connectivity index (χ2v) is 9.39. The standard InChI is InChI=1S/C16H32N2S2/c1-15-3-7-17(8-4-15)11-13-19-20-14-12-18-9-5-16(2)6-10-18/h15-16H,3-14H2,1-2H3. The lowest BCUT2D eigenvalue weighted by molar-refractivity contribution is 0.202. The van der Waals surface area contributed by atoms with Gasteiger partial charge in [0.2, 0.25) is 0 Å². The van der Waals surface area contributed by atoms with E-state index in [1.807, 2.05) is 0 Å². The highest BCUT2D eigenvalue weighted by Gasteiger charge is 2.16. The van der Waals surface area contributed by atoms with Crippen LogP contribution in [-0.2, 0) is 0 Å². The highest BCUT2D eigenvalue weighted by atomic mass is 33.1. The molecule has 0 spiro atoms. The first-order chi connectivity index (χ1) is 9.74. The van der Waals surface area contributed by atoms with Crippen LogP contribution in [0.4, 0.5) is 0 Å². The van der Waals surface area contributed by atoms with Crippen LogP contribution in [0.2, 0.25) is 0 Å². The Balaban J connectivity index is 1.40. The fourth-order valence-electron chi connectivity index (χ4n) is 3.02. The maximum atomic E-state index is 2.65. The van der Waals surface area contributed by atoms with Crippen LogP contribution in [0.3, 0.4) is 0 Å². The minimum absolute atomic E-state index is 0.959. The summed E-state index contributed by atoms with van der Waals surface area (Å²) in [7, 11) is 4.17. The van der Waals surface area contributed by atoms with Gasteiger partial charge in [-0.05, 0) is 63.7 Å². The van der Waals surface area contributed by atoms with Crippen molar-refractivity contribution in [3.8, 4) is 0 Å². The van der Waals surface area contributed by atoms with Crippen molar-refractivity contribution >= 4 is 21.6 Å². The Morgan fingerprint density at radius 1 is 0.700 bits per heavy atom. The molecule has 2 heterocycles. The summed E-state index contributed by atoms with van der Waals surface area (Å²) >= 11 is 0. The second kappa shape index (κ2) is 9.60. The van der Waals surface area contributed by atoms with Crippen LogP contribution in [0.15, 0.2) is 0 Å². The van der Waals surface area contributed by atoms with E-state index in [4.69, 9.17) is 0 Å². The first-order valence-corrected chi connectivity index (χ1v) is 10.9. The van der Waals surface area contributed by atoms with E-state index in [2.05, 4.69) is 45.2 Å². The monoisotopic (exact) mass is 316 g/mol. The molecule has 118 valence electrons. The lowest BCUT2D eigenvalue weighted by atomic mass is 9.99.